The zero-order valence-electron chi connectivity index (χ0n) is 18.8. The van der Waals surface area contributed by atoms with Crippen LogP contribution in [0.4, 0.5) is 0 Å². The van der Waals surface area contributed by atoms with Crippen LogP contribution in [-0.4, -0.2) is 24.0 Å². The van der Waals surface area contributed by atoms with Crippen molar-refractivity contribution in [1.29, 1.82) is 0 Å². The van der Waals surface area contributed by atoms with E-state index in [1.165, 1.54) is 3.97 Å². The van der Waals surface area contributed by atoms with E-state index in [1.54, 1.807) is 18.3 Å². The highest BCUT2D eigenvalue weighted by molar-refractivity contribution is 9.28. The van der Waals surface area contributed by atoms with Gasteiger partial charge in [0.15, 0.2) is 0 Å². The lowest BCUT2D eigenvalue weighted by Gasteiger charge is -2.14. The maximum absolute atomic E-state index is 13.9. The van der Waals surface area contributed by atoms with Crippen molar-refractivity contribution in [2.75, 3.05) is 6.61 Å². The van der Waals surface area contributed by atoms with Crippen LogP contribution in [0.3, 0.4) is 0 Å². The first-order valence-corrected chi connectivity index (χ1v) is 13.6. The molecule has 2 heterocycles. The van der Waals surface area contributed by atoms with Gasteiger partial charge in [-0.2, -0.15) is 0 Å². The van der Waals surface area contributed by atoms with Gasteiger partial charge in [-0.3, -0.25) is 4.98 Å². The molecule has 4 rings (SSSR count). The molecule has 0 spiro atoms. The van der Waals surface area contributed by atoms with Gasteiger partial charge < -0.3 is 4.74 Å². The Morgan fingerprint density at radius 1 is 1.09 bits per heavy atom. The summed E-state index contributed by atoms with van der Waals surface area (Å²) in [6.07, 6.45) is 3.30. The first kappa shape index (κ1) is 24.1. The summed E-state index contributed by atoms with van der Waals surface area (Å²) in [6, 6.07) is 12.6. The number of halogens is 2. The highest BCUT2D eigenvalue weighted by Gasteiger charge is 2.27. The first-order valence-electron chi connectivity index (χ1n) is 10.6. The molecular formula is C25H24Br2N2O3S. The van der Waals surface area contributed by atoms with Crippen LogP contribution < -0.4 is 0 Å². The lowest BCUT2D eigenvalue weighted by molar-refractivity contribution is 0.0774. The van der Waals surface area contributed by atoms with Crippen LogP contribution >= 0.6 is 31.9 Å². The number of benzene rings is 2. The molecule has 0 amide bonds. The maximum atomic E-state index is 13.9. The van der Waals surface area contributed by atoms with Gasteiger partial charge in [-0.05, 0) is 95.0 Å². The fourth-order valence-corrected chi connectivity index (χ4v) is 6.15. The van der Waals surface area contributed by atoms with E-state index in [2.05, 4.69) is 36.8 Å². The Balaban J connectivity index is 2.17. The van der Waals surface area contributed by atoms with E-state index in [4.69, 9.17) is 4.74 Å². The third-order valence-electron chi connectivity index (χ3n) is 5.76. The van der Waals surface area contributed by atoms with Crippen molar-refractivity contribution in [1.82, 2.24) is 8.96 Å². The first-order chi connectivity index (χ1) is 15.7. The quantitative estimate of drug-likeness (QED) is 0.237. The molecule has 0 saturated heterocycles. The van der Waals surface area contributed by atoms with Gasteiger partial charge in [-0.25, -0.2) is 12.4 Å². The Bertz CT molecular complexity index is 1490. The van der Waals surface area contributed by atoms with Crippen LogP contribution in [0.1, 0.15) is 42.3 Å². The predicted molar refractivity (Wildman–Crippen MR) is 142 cm³/mol. The monoisotopic (exact) mass is 590 g/mol. The van der Waals surface area contributed by atoms with E-state index >= 15 is 0 Å². The molecule has 1 atom stereocenters. The Hall–Kier alpha value is -2.00. The van der Waals surface area contributed by atoms with Gasteiger partial charge in [0, 0.05) is 17.4 Å². The summed E-state index contributed by atoms with van der Waals surface area (Å²) < 4.78 is 35.9. The summed E-state index contributed by atoms with van der Waals surface area (Å²) in [5.74, 6) is 0. The summed E-state index contributed by atoms with van der Waals surface area (Å²) in [7, 11) is -3.87. The maximum Gasteiger partial charge on any atom is 0.268 e. The second-order valence-corrected chi connectivity index (χ2v) is 12.4. The average Bonchev–Trinajstić information content (AvgIpc) is 3.11. The summed E-state index contributed by atoms with van der Waals surface area (Å²) >= 11 is 6.81. The Morgan fingerprint density at radius 3 is 2.42 bits per heavy atom. The van der Waals surface area contributed by atoms with Crippen LogP contribution in [0.5, 0.6) is 0 Å². The van der Waals surface area contributed by atoms with E-state index in [9.17, 15) is 8.42 Å². The van der Waals surface area contributed by atoms with Crippen LogP contribution in [0, 0.1) is 13.8 Å². The normalized spacial score (nSPS) is 12.9. The number of ether oxygens (including phenoxy) is 1. The molecule has 8 heteroatoms. The molecule has 172 valence electrons. The van der Waals surface area contributed by atoms with Crippen molar-refractivity contribution < 1.29 is 13.2 Å². The van der Waals surface area contributed by atoms with Crippen molar-refractivity contribution in [3.8, 4) is 0 Å². The Kier molecular flexibility index (Phi) is 6.82. The second-order valence-electron chi connectivity index (χ2n) is 7.88. The molecule has 0 saturated carbocycles. The smallest absolute Gasteiger partial charge is 0.268 e. The fraction of sp³-hybridized carbons (Fsp3) is 0.240. The molecule has 0 fully saturated rings. The molecule has 0 aliphatic carbocycles. The van der Waals surface area contributed by atoms with Crippen molar-refractivity contribution in [3.63, 3.8) is 0 Å². The number of aryl methyl sites for hydroxylation is 2. The molecule has 33 heavy (non-hydrogen) atoms. The van der Waals surface area contributed by atoms with Gasteiger partial charge in [0.2, 0.25) is 0 Å². The summed E-state index contributed by atoms with van der Waals surface area (Å²) in [6.45, 7) is 8.40. The molecule has 0 bridgehead atoms. The number of hydrogen-bond donors (Lipinski definition) is 0. The predicted octanol–water partition coefficient (Wildman–Crippen LogP) is 7.23. The lowest BCUT2D eigenvalue weighted by atomic mass is 10.00. The summed E-state index contributed by atoms with van der Waals surface area (Å²) in [4.78, 5) is 4.82. The number of hydrogen-bond acceptors (Lipinski definition) is 4. The van der Waals surface area contributed by atoms with Crippen LogP contribution in [-0.2, 0) is 14.8 Å². The van der Waals surface area contributed by atoms with Crippen molar-refractivity contribution in [2.24, 2.45) is 0 Å². The third-order valence-corrected chi connectivity index (χ3v) is 7.96. The topological polar surface area (TPSA) is 61.2 Å². The molecule has 0 aliphatic heterocycles. The second kappa shape index (κ2) is 9.33. The molecule has 2 aromatic carbocycles. The van der Waals surface area contributed by atoms with Gasteiger partial charge in [-0.15, -0.1) is 0 Å². The summed E-state index contributed by atoms with van der Waals surface area (Å²) in [5.41, 5.74) is 4.73. The molecule has 4 aromatic rings. The largest absolute Gasteiger partial charge is 0.374 e. The average molecular weight is 592 g/mol. The van der Waals surface area contributed by atoms with E-state index < -0.39 is 10.0 Å². The van der Waals surface area contributed by atoms with Crippen molar-refractivity contribution in [2.45, 2.75) is 38.7 Å². The SMILES string of the molecule is CCOC(C)c1cccc2c1c1c(C)c(C=C(Br)Br)ncc1n2S(=O)(=O)c1ccc(C)cc1. The zero-order chi connectivity index (χ0) is 23.9. The van der Waals surface area contributed by atoms with Gasteiger partial charge >= 0.3 is 0 Å². The highest BCUT2D eigenvalue weighted by Crippen LogP contribution is 2.39. The number of aromatic nitrogens is 2. The van der Waals surface area contributed by atoms with E-state index in [0.29, 0.717) is 17.6 Å². The molecule has 2 aromatic heterocycles. The Labute approximate surface area is 210 Å². The molecule has 0 N–H and O–H groups in total. The molecule has 5 nitrogen and oxygen atoms in total. The number of nitrogens with zero attached hydrogens (tertiary/aromatic N) is 2. The minimum absolute atomic E-state index is 0.200. The van der Waals surface area contributed by atoms with Crippen LogP contribution in [0.25, 0.3) is 27.9 Å². The van der Waals surface area contributed by atoms with Crippen molar-refractivity contribution in [3.05, 3.63) is 74.4 Å². The van der Waals surface area contributed by atoms with E-state index in [1.807, 2.05) is 64.1 Å². The molecular weight excluding hydrogens is 568 g/mol. The van der Waals surface area contributed by atoms with E-state index in [0.717, 1.165) is 36.5 Å². The molecule has 0 radical (unpaired) electrons. The number of fused-ring (bicyclic) bond motifs is 3. The van der Waals surface area contributed by atoms with E-state index in [-0.39, 0.29) is 11.0 Å². The Morgan fingerprint density at radius 2 is 1.79 bits per heavy atom. The van der Waals surface area contributed by atoms with Gasteiger partial charge in [0.1, 0.15) is 0 Å². The number of rotatable bonds is 6. The molecule has 1 unspecified atom stereocenters. The number of pyridine rings is 1. The minimum Gasteiger partial charge on any atom is -0.374 e. The molecule has 0 aliphatic rings. The van der Waals surface area contributed by atoms with Gasteiger partial charge in [-0.1, -0.05) is 29.8 Å². The lowest BCUT2D eigenvalue weighted by Crippen LogP contribution is -2.13. The highest BCUT2D eigenvalue weighted by atomic mass is 79.9. The van der Waals surface area contributed by atoms with Gasteiger partial charge in [0.05, 0.1) is 37.3 Å². The van der Waals surface area contributed by atoms with Crippen LogP contribution in [0.15, 0.2) is 56.9 Å². The van der Waals surface area contributed by atoms with Gasteiger partial charge in [0.25, 0.3) is 10.0 Å². The standard InChI is InChI=1S/C25H24Br2N2O3S/c1-5-32-17(4)19-7-6-8-21-25(19)24-16(3)20(13-23(26)27)28-14-22(24)29(21)33(30,31)18-11-9-15(2)10-12-18/h6-14,17H,5H2,1-4H3. The fourth-order valence-electron chi connectivity index (χ4n) is 4.21. The van der Waals surface area contributed by atoms with Crippen molar-refractivity contribution >= 4 is 69.8 Å². The minimum atomic E-state index is -3.87. The summed E-state index contributed by atoms with van der Waals surface area (Å²) in [5, 5.41) is 1.72. The zero-order valence-corrected chi connectivity index (χ0v) is 22.8. The van der Waals surface area contributed by atoms with Crippen LogP contribution in [0.2, 0.25) is 0 Å². The third kappa shape index (κ3) is 4.30.